The Morgan fingerprint density at radius 3 is 2.30 bits per heavy atom. The number of benzene rings is 2. The number of rotatable bonds is 7. The van der Waals surface area contributed by atoms with Crippen LogP contribution >= 0.6 is 0 Å². The van der Waals surface area contributed by atoms with Gasteiger partial charge >= 0.3 is 0 Å². The van der Waals surface area contributed by atoms with E-state index in [4.69, 9.17) is 4.74 Å². The minimum Gasteiger partial charge on any atom is -0.373 e. The quantitative estimate of drug-likeness (QED) is 0.621. The third-order valence-corrected chi connectivity index (χ3v) is 8.19. The van der Waals surface area contributed by atoms with Gasteiger partial charge in [0.25, 0.3) is 0 Å². The first-order valence-corrected chi connectivity index (χ1v) is 13.2. The Balaban J connectivity index is 1.22. The molecule has 0 spiro atoms. The summed E-state index contributed by atoms with van der Waals surface area (Å²) in [5.74, 6) is -0.759. The van der Waals surface area contributed by atoms with Crippen LogP contribution in [0.2, 0.25) is 0 Å². The third-order valence-electron chi connectivity index (χ3n) is 6.43. The van der Waals surface area contributed by atoms with E-state index in [1.165, 1.54) is 9.87 Å². The maximum atomic E-state index is 12.9. The lowest BCUT2D eigenvalue weighted by molar-refractivity contribution is -0.131. The molecule has 2 fully saturated rings. The van der Waals surface area contributed by atoms with E-state index in [1.54, 1.807) is 4.90 Å². The van der Waals surface area contributed by atoms with Gasteiger partial charge < -0.3 is 14.5 Å². The fourth-order valence-corrected chi connectivity index (χ4v) is 5.84. The molecule has 2 saturated heterocycles. The van der Waals surface area contributed by atoms with Gasteiger partial charge in [0, 0.05) is 45.0 Å². The molecule has 2 aliphatic rings. The van der Waals surface area contributed by atoms with E-state index in [0.717, 1.165) is 24.1 Å². The molecular formula is C25H33N3O4S. The van der Waals surface area contributed by atoms with E-state index < -0.39 is 15.8 Å². The lowest BCUT2D eigenvalue weighted by Crippen LogP contribution is -2.51. The van der Waals surface area contributed by atoms with Crippen molar-refractivity contribution in [1.29, 1.82) is 0 Å². The van der Waals surface area contributed by atoms with Crippen LogP contribution in [0.25, 0.3) is 0 Å². The Bertz CT molecular complexity index is 1030. The van der Waals surface area contributed by atoms with Crippen molar-refractivity contribution in [2.24, 2.45) is 0 Å². The standard InChI is InChI=1S/C25H33N3O4S/c1-21-6-5-9-23(18-21)26-14-16-28(17-15-26)33(30,31)20-25(29)27-12-10-24(11-13-27)32-19-22-7-3-2-4-8-22/h2-9,18,24H,10-17,19-20H2,1H3. The highest BCUT2D eigenvalue weighted by Gasteiger charge is 2.32. The van der Waals surface area contributed by atoms with Gasteiger partial charge in [-0.15, -0.1) is 0 Å². The maximum absolute atomic E-state index is 12.9. The predicted molar refractivity (Wildman–Crippen MR) is 130 cm³/mol. The summed E-state index contributed by atoms with van der Waals surface area (Å²) in [7, 11) is -3.62. The molecule has 0 aliphatic carbocycles. The summed E-state index contributed by atoms with van der Waals surface area (Å²) in [5.41, 5.74) is 3.42. The van der Waals surface area contributed by atoms with Crippen molar-refractivity contribution in [1.82, 2.24) is 9.21 Å². The van der Waals surface area contributed by atoms with E-state index in [0.29, 0.717) is 45.9 Å². The van der Waals surface area contributed by atoms with Gasteiger partial charge in [-0.05, 0) is 43.0 Å². The third kappa shape index (κ3) is 6.34. The molecule has 4 rings (SSSR count). The number of anilines is 1. The molecule has 7 nitrogen and oxygen atoms in total. The number of hydrogen-bond donors (Lipinski definition) is 0. The number of carbonyl (C=O) groups is 1. The Morgan fingerprint density at radius 2 is 1.64 bits per heavy atom. The molecule has 2 heterocycles. The van der Waals surface area contributed by atoms with Crippen LogP contribution in [0, 0.1) is 6.92 Å². The van der Waals surface area contributed by atoms with Crippen LogP contribution in [0.3, 0.4) is 0 Å². The van der Waals surface area contributed by atoms with Gasteiger partial charge in [0.05, 0.1) is 12.7 Å². The van der Waals surface area contributed by atoms with Crippen molar-refractivity contribution >= 4 is 21.6 Å². The molecule has 8 heteroatoms. The molecule has 0 aromatic heterocycles. The van der Waals surface area contributed by atoms with Crippen molar-refractivity contribution in [2.45, 2.75) is 32.5 Å². The van der Waals surface area contributed by atoms with Gasteiger partial charge in [-0.1, -0.05) is 42.5 Å². The number of aryl methyl sites for hydroxylation is 1. The molecule has 0 unspecified atom stereocenters. The lowest BCUT2D eigenvalue weighted by Gasteiger charge is -2.36. The van der Waals surface area contributed by atoms with Gasteiger partial charge in [-0.2, -0.15) is 4.31 Å². The topological polar surface area (TPSA) is 70.2 Å². The molecule has 2 aliphatic heterocycles. The second-order valence-corrected chi connectivity index (χ2v) is 10.8. The SMILES string of the molecule is Cc1cccc(N2CCN(S(=O)(=O)CC(=O)N3CCC(OCc4ccccc4)CC3)CC2)c1. The first-order valence-electron chi connectivity index (χ1n) is 11.6. The van der Waals surface area contributed by atoms with Crippen molar-refractivity contribution < 1.29 is 17.9 Å². The van der Waals surface area contributed by atoms with E-state index in [9.17, 15) is 13.2 Å². The average Bonchev–Trinajstić information content (AvgIpc) is 2.83. The normalized spacial score (nSPS) is 18.5. The Morgan fingerprint density at radius 1 is 0.939 bits per heavy atom. The highest BCUT2D eigenvalue weighted by molar-refractivity contribution is 7.89. The van der Waals surface area contributed by atoms with Crippen LogP contribution in [-0.2, 0) is 26.2 Å². The second-order valence-electron chi connectivity index (χ2n) is 8.86. The van der Waals surface area contributed by atoms with Crippen molar-refractivity contribution in [2.75, 3.05) is 49.9 Å². The fourth-order valence-electron chi connectivity index (χ4n) is 4.45. The highest BCUT2D eigenvalue weighted by atomic mass is 32.2. The molecule has 2 aromatic carbocycles. The predicted octanol–water partition coefficient (Wildman–Crippen LogP) is 2.65. The smallest absolute Gasteiger partial charge is 0.239 e. The van der Waals surface area contributed by atoms with Crippen LogP contribution in [0.5, 0.6) is 0 Å². The van der Waals surface area contributed by atoms with Gasteiger partial charge in [-0.3, -0.25) is 4.79 Å². The molecule has 0 bridgehead atoms. The monoisotopic (exact) mass is 471 g/mol. The second kappa shape index (κ2) is 10.7. The first kappa shape index (κ1) is 23.7. The van der Waals surface area contributed by atoms with Crippen molar-refractivity contribution in [3.8, 4) is 0 Å². The van der Waals surface area contributed by atoms with Crippen molar-refractivity contribution in [3.05, 3.63) is 65.7 Å². The Labute approximate surface area is 197 Å². The average molecular weight is 472 g/mol. The summed E-state index contributed by atoms with van der Waals surface area (Å²) in [4.78, 5) is 16.6. The number of hydrogen-bond acceptors (Lipinski definition) is 5. The van der Waals surface area contributed by atoms with Crippen LogP contribution in [0.15, 0.2) is 54.6 Å². The Hall–Kier alpha value is -2.42. The van der Waals surface area contributed by atoms with Gasteiger partial charge in [-0.25, -0.2) is 8.42 Å². The number of likely N-dealkylation sites (tertiary alicyclic amines) is 1. The van der Waals surface area contributed by atoms with Gasteiger partial charge in [0.2, 0.25) is 15.9 Å². The number of amides is 1. The molecule has 1 amide bonds. The number of ether oxygens (including phenoxy) is 1. The minimum atomic E-state index is -3.62. The molecule has 178 valence electrons. The van der Waals surface area contributed by atoms with E-state index >= 15 is 0 Å². The van der Waals surface area contributed by atoms with Crippen LogP contribution in [-0.4, -0.2) is 74.7 Å². The van der Waals surface area contributed by atoms with Gasteiger partial charge in [0.1, 0.15) is 5.75 Å². The molecule has 0 saturated carbocycles. The van der Waals surface area contributed by atoms with Gasteiger partial charge in [0.15, 0.2) is 0 Å². The zero-order valence-electron chi connectivity index (χ0n) is 19.2. The van der Waals surface area contributed by atoms with Crippen LogP contribution < -0.4 is 4.90 Å². The van der Waals surface area contributed by atoms with Crippen LogP contribution in [0.4, 0.5) is 5.69 Å². The van der Waals surface area contributed by atoms with Crippen molar-refractivity contribution in [3.63, 3.8) is 0 Å². The van der Waals surface area contributed by atoms with Crippen LogP contribution in [0.1, 0.15) is 24.0 Å². The molecule has 0 atom stereocenters. The number of piperidine rings is 1. The van der Waals surface area contributed by atoms with E-state index in [2.05, 4.69) is 11.0 Å². The molecule has 0 radical (unpaired) electrons. The summed E-state index contributed by atoms with van der Waals surface area (Å²) in [5, 5.41) is 0. The zero-order chi connectivity index (χ0) is 23.3. The largest absolute Gasteiger partial charge is 0.373 e. The molecule has 2 aromatic rings. The summed E-state index contributed by atoms with van der Waals surface area (Å²) in [6.07, 6.45) is 1.56. The number of carbonyl (C=O) groups excluding carboxylic acids is 1. The van der Waals surface area contributed by atoms with E-state index in [1.807, 2.05) is 55.5 Å². The van der Waals surface area contributed by atoms with E-state index in [-0.39, 0.29) is 12.0 Å². The Kier molecular flexibility index (Phi) is 7.67. The molecule has 0 N–H and O–H groups in total. The fraction of sp³-hybridized carbons (Fsp3) is 0.480. The summed E-state index contributed by atoms with van der Waals surface area (Å²) >= 11 is 0. The molecule has 33 heavy (non-hydrogen) atoms. The summed E-state index contributed by atoms with van der Waals surface area (Å²) < 4.78 is 33.2. The number of sulfonamides is 1. The molecular weight excluding hydrogens is 438 g/mol. The summed E-state index contributed by atoms with van der Waals surface area (Å²) in [6, 6.07) is 18.2. The first-order chi connectivity index (χ1) is 15.9. The minimum absolute atomic E-state index is 0.0977. The zero-order valence-corrected chi connectivity index (χ0v) is 20.0. The highest BCUT2D eigenvalue weighted by Crippen LogP contribution is 2.20. The maximum Gasteiger partial charge on any atom is 0.239 e. The number of nitrogens with zero attached hydrogens (tertiary/aromatic N) is 3. The number of piperazine rings is 1. The lowest BCUT2D eigenvalue weighted by atomic mass is 10.1. The summed E-state index contributed by atoms with van der Waals surface area (Å²) in [6.45, 7) is 5.74.